The number of esters is 1. The van der Waals surface area contributed by atoms with Crippen molar-refractivity contribution in [3.63, 3.8) is 0 Å². The van der Waals surface area contributed by atoms with Gasteiger partial charge in [-0.2, -0.15) is 0 Å². The highest BCUT2D eigenvalue weighted by molar-refractivity contribution is 9.10. The van der Waals surface area contributed by atoms with E-state index in [1.165, 1.54) is 25.3 Å². The molecule has 0 bridgehead atoms. The predicted molar refractivity (Wildman–Crippen MR) is 95.2 cm³/mol. The van der Waals surface area contributed by atoms with E-state index in [0.717, 1.165) is 4.47 Å². The molecular weight excluding hydrogens is 426 g/mol. The first-order chi connectivity index (χ1) is 12.3. The zero-order valence-corrected chi connectivity index (χ0v) is 16.0. The van der Waals surface area contributed by atoms with E-state index < -0.39 is 28.4 Å². The fraction of sp³-hybridized carbons (Fsp3) is 0.176. The number of nitrogens with zero attached hydrogens (tertiary/aromatic N) is 1. The van der Waals surface area contributed by atoms with Crippen LogP contribution in [0, 0.1) is 0 Å². The summed E-state index contributed by atoms with van der Waals surface area (Å²) >= 11 is 3.31. The predicted octanol–water partition coefficient (Wildman–Crippen LogP) is 2.35. The van der Waals surface area contributed by atoms with Crippen LogP contribution in [-0.2, 0) is 26.2 Å². The molecule has 1 heterocycles. The van der Waals surface area contributed by atoms with E-state index in [0.29, 0.717) is 15.6 Å². The molecule has 136 valence electrons. The Morgan fingerprint density at radius 1 is 1.19 bits per heavy atom. The molecule has 1 aliphatic rings. The zero-order valence-electron chi connectivity index (χ0n) is 13.6. The first-order valence-electron chi connectivity index (χ1n) is 7.48. The average Bonchev–Trinajstić information content (AvgIpc) is 2.81. The monoisotopic (exact) mass is 439 g/mol. The molecule has 0 aromatic heterocycles. The highest BCUT2D eigenvalue weighted by atomic mass is 79.9. The van der Waals surface area contributed by atoms with Crippen molar-refractivity contribution in [1.82, 2.24) is 4.31 Å². The summed E-state index contributed by atoms with van der Waals surface area (Å²) in [5.41, 5.74) is 0.656. The number of halogens is 1. The van der Waals surface area contributed by atoms with Crippen LogP contribution in [0.5, 0.6) is 5.75 Å². The molecule has 0 aliphatic carbocycles. The molecule has 0 N–H and O–H groups in total. The third kappa shape index (κ3) is 3.32. The summed E-state index contributed by atoms with van der Waals surface area (Å²) in [6, 6.07) is 11.0. The van der Waals surface area contributed by atoms with Crippen LogP contribution in [0.15, 0.2) is 51.8 Å². The Bertz CT molecular complexity index is 988. The SMILES string of the molecule is COc1ccc(Br)cc1COC(=O)CN1C(=O)c2ccccc2S1(=O)=O. The van der Waals surface area contributed by atoms with Gasteiger partial charge in [0.2, 0.25) is 0 Å². The van der Waals surface area contributed by atoms with Crippen LogP contribution in [0.1, 0.15) is 15.9 Å². The van der Waals surface area contributed by atoms with Crippen LogP contribution < -0.4 is 4.74 Å². The molecule has 2 aromatic rings. The molecule has 0 unspecified atom stereocenters. The maximum absolute atomic E-state index is 12.4. The van der Waals surface area contributed by atoms with Gasteiger partial charge in [-0.25, -0.2) is 12.7 Å². The van der Waals surface area contributed by atoms with Gasteiger partial charge in [0.25, 0.3) is 15.9 Å². The summed E-state index contributed by atoms with van der Waals surface area (Å²) in [7, 11) is -2.56. The van der Waals surface area contributed by atoms with Crippen molar-refractivity contribution in [2.75, 3.05) is 13.7 Å². The van der Waals surface area contributed by atoms with Crippen LogP contribution in [-0.4, -0.2) is 38.3 Å². The van der Waals surface area contributed by atoms with E-state index in [4.69, 9.17) is 9.47 Å². The highest BCUT2D eigenvalue weighted by Gasteiger charge is 2.42. The maximum Gasteiger partial charge on any atom is 0.327 e. The van der Waals surface area contributed by atoms with Crippen molar-refractivity contribution in [3.8, 4) is 5.75 Å². The normalized spacial score (nSPS) is 14.8. The Balaban J connectivity index is 1.72. The van der Waals surface area contributed by atoms with Gasteiger partial charge in [-0.05, 0) is 30.3 Å². The third-order valence-electron chi connectivity index (χ3n) is 3.82. The first-order valence-corrected chi connectivity index (χ1v) is 9.72. The van der Waals surface area contributed by atoms with Gasteiger partial charge in [0.05, 0.1) is 12.7 Å². The van der Waals surface area contributed by atoms with Crippen LogP contribution in [0.25, 0.3) is 0 Å². The second-order valence-corrected chi connectivity index (χ2v) is 8.18. The number of ether oxygens (including phenoxy) is 2. The molecule has 7 nitrogen and oxygen atoms in total. The Morgan fingerprint density at radius 2 is 1.92 bits per heavy atom. The van der Waals surface area contributed by atoms with Crippen LogP contribution in [0.4, 0.5) is 0 Å². The summed E-state index contributed by atoms with van der Waals surface area (Å²) in [6.07, 6.45) is 0. The Hall–Kier alpha value is -2.39. The Kier molecular flexibility index (Phi) is 5.01. The number of methoxy groups -OCH3 is 1. The highest BCUT2D eigenvalue weighted by Crippen LogP contribution is 2.30. The number of amides is 1. The minimum atomic E-state index is -4.04. The number of hydrogen-bond acceptors (Lipinski definition) is 6. The van der Waals surface area contributed by atoms with Crippen molar-refractivity contribution >= 4 is 37.8 Å². The molecule has 9 heteroatoms. The zero-order chi connectivity index (χ0) is 18.9. The van der Waals surface area contributed by atoms with Gasteiger partial charge in [-0.15, -0.1) is 0 Å². The molecule has 2 aromatic carbocycles. The second kappa shape index (κ2) is 7.08. The molecule has 0 atom stereocenters. The summed E-state index contributed by atoms with van der Waals surface area (Å²) in [5, 5.41) is 0. The van der Waals surface area contributed by atoms with Crippen molar-refractivity contribution in [2.24, 2.45) is 0 Å². The molecule has 0 spiro atoms. The molecule has 26 heavy (non-hydrogen) atoms. The Morgan fingerprint density at radius 3 is 2.62 bits per heavy atom. The molecule has 0 saturated carbocycles. The van der Waals surface area contributed by atoms with Gasteiger partial charge in [-0.1, -0.05) is 28.1 Å². The summed E-state index contributed by atoms with van der Waals surface area (Å²) in [5.74, 6) is -1.05. The molecule has 0 saturated heterocycles. The van der Waals surface area contributed by atoms with Gasteiger partial charge >= 0.3 is 5.97 Å². The number of carbonyl (C=O) groups is 2. The molecule has 3 rings (SSSR count). The largest absolute Gasteiger partial charge is 0.496 e. The summed E-state index contributed by atoms with van der Waals surface area (Å²) in [4.78, 5) is 24.3. The smallest absolute Gasteiger partial charge is 0.327 e. The number of hydrogen-bond donors (Lipinski definition) is 0. The van der Waals surface area contributed by atoms with Crippen molar-refractivity contribution in [1.29, 1.82) is 0 Å². The van der Waals surface area contributed by atoms with E-state index in [9.17, 15) is 18.0 Å². The fourth-order valence-electron chi connectivity index (χ4n) is 2.57. The van der Waals surface area contributed by atoms with E-state index in [1.54, 1.807) is 24.3 Å². The van der Waals surface area contributed by atoms with Gasteiger partial charge < -0.3 is 9.47 Å². The average molecular weight is 440 g/mol. The lowest BCUT2D eigenvalue weighted by Gasteiger charge is -2.15. The van der Waals surface area contributed by atoms with Gasteiger partial charge in [-0.3, -0.25) is 9.59 Å². The number of fused-ring (bicyclic) bond motifs is 1. The molecular formula is C17H14BrNO6S. The number of sulfonamides is 1. The summed E-state index contributed by atoms with van der Waals surface area (Å²) in [6.45, 7) is -0.803. The lowest BCUT2D eigenvalue weighted by Crippen LogP contribution is -2.35. The number of rotatable bonds is 5. The summed E-state index contributed by atoms with van der Waals surface area (Å²) < 4.78 is 36.5. The maximum atomic E-state index is 12.4. The van der Waals surface area contributed by atoms with Gasteiger partial charge in [0.15, 0.2) is 0 Å². The Labute approximate surface area is 158 Å². The standard InChI is InChI=1S/C17H14BrNO6S/c1-24-14-7-6-12(18)8-11(14)10-25-16(20)9-19-17(21)13-4-2-3-5-15(13)26(19,22)23/h2-8H,9-10H2,1H3. The van der Waals surface area contributed by atoms with E-state index in [1.807, 2.05) is 0 Å². The minimum Gasteiger partial charge on any atom is -0.496 e. The van der Waals surface area contributed by atoms with Crippen molar-refractivity contribution in [3.05, 3.63) is 58.1 Å². The molecule has 1 amide bonds. The van der Waals surface area contributed by atoms with Crippen molar-refractivity contribution < 1.29 is 27.5 Å². The van der Waals surface area contributed by atoms with Crippen LogP contribution in [0.3, 0.4) is 0 Å². The van der Waals surface area contributed by atoms with E-state index in [2.05, 4.69) is 15.9 Å². The molecule has 0 radical (unpaired) electrons. The van der Waals surface area contributed by atoms with E-state index >= 15 is 0 Å². The fourth-order valence-corrected chi connectivity index (χ4v) is 4.49. The second-order valence-electron chi connectivity index (χ2n) is 5.43. The number of carbonyl (C=O) groups excluding carboxylic acids is 2. The van der Waals surface area contributed by atoms with Crippen LogP contribution >= 0.6 is 15.9 Å². The molecule has 0 fully saturated rings. The quantitative estimate of drug-likeness (QED) is 0.664. The van der Waals surface area contributed by atoms with Gasteiger partial charge in [0.1, 0.15) is 23.8 Å². The van der Waals surface area contributed by atoms with E-state index in [-0.39, 0.29) is 17.1 Å². The first kappa shape index (κ1) is 18.4. The van der Waals surface area contributed by atoms with Crippen molar-refractivity contribution in [2.45, 2.75) is 11.5 Å². The molecule has 1 aliphatic heterocycles. The van der Waals surface area contributed by atoms with Crippen LogP contribution in [0.2, 0.25) is 0 Å². The van der Waals surface area contributed by atoms with Gasteiger partial charge in [0, 0.05) is 10.0 Å². The lowest BCUT2D eigenvalue weighted by atomic mass is 10.2. The lowest BCUT2D eigenvalue weighted by molar-refractivity contribution is -0.144. The third-order valence-corrected chi connectivity index (χ3v) is 6.10. The number of benzene rings is 2. The minimum absolute atomic E-state index is 0.0500. The topological polar surface area (TPSA) is 90.0 Å².